The molecular weight excluding hydrogens is 240 g/mol. The Labute approximate surface area is 114 Å². The van der Waals surface area contributed by atoms with Crippen molar-refractivity contribution in [3.05, 3.63) is 21.9 Å². The molecule has 2 aliphatic rings. The number of aryl methyl sites for hydroxylation is 1. The summed E-state index contributed by atoms with van der Waals surface area (Å²) in [6.45, 7) is 8.18. The van der Waals surface area contributed by atoms with E-state index in [1.165, 1.54) is 25.8 Å². The fourth-order valence-corrected chi connectivity index (χ4v) is 3.99. The van der Waals surface area contributed by atoms with Crippen LogP contribution in [-0.2, 0) is 13.0 Å². The minimum atomic E-state index is 0.673. The van der Waals surface area contributed by atoms with E-state index in [1.807, 2.05) is 11.3 Å². The Bertz CT molecular complexity index is 397. The molecule has 0 bridgehead atoms. The first-order chi connectivity index (χ1) is 8.78. The lowest BCUT2D eigenvalue weighted by Gasteiger charge is -2.39. The third-order valence-corrected chi connectivity index (χ3v) is 5.43. The molecule has 1 aromatic rings. The van der Waals surface area contributed by atoms with E-state index in [9.17, 15) is 0 Å². The van der Waals surface area contributed by atoms with E-state index in [1.54, 1.807) is 10.4 Å². The van der Waals surface area contributed by atoms with Crippen molar-refractivity contribution in [1.82, 2.24) is 10.2 Å². The van der Waals surface area contributed by atoms with Crippen LogP contribution in [-0.4, -0.2) is 30.1 Å². The van der Waals surface area contributed by atoms with Gasteiger partial charge in [0.25, 0.3) is 0 Å². The molecule has 1 aliphatic heterocycles. The second-order valence-corrected chi connectivity index (χ2v) is 6.85. The Morgan fingerprint density at radius 3 is 3.00 bits per heavy atom. The maximum absolute atomic E-state index is 3.73. The summed E-state index contributed by atoms with van der Waals surface area (Å²) in [6, 6.07) is 3.73. The first-order valence-electron chi connectivity index (χ1n) is 7.30. The van der Waals surface area contributed by atoms with Crippen LogP contribution < -0.4 is 5.32 Å². The Kier molecular flexibility index (Phi) is 3.73. The number of hydrogen-bond donors (Lipinski definition) is 1. The lowest BCUT2D eigenvalue weighted by atomic mass is 10.1. The van der Waals surface area contributed by atoms with Crippen LogP contribution in [0.4, 0.5) is 0 Å². The van der Waals surface area contributed by atoms with Crippen LogP contribution in [0.3, 0.4) is 0 Å². The number of thiophene rings is 1. The highest BCUT2D eigenvalue weighted by Crippen LogP contribution is 2.34. The predicted molar refractivity (Wildman–Crippen MR) is 78.1 cm³/mol. The van der Waals surface area contributed by atoms with Crippen molar-refractivity contribution < 1.29 is 0 Å². The molecule has 0 aromatic carbocycles. The van der Waals surface area contributed by atoms with Gasteiger partial charge in [-0.05, 0) is 49.1 Å². The molecule has 0 spiro atoms. The molecule has 0 radical (unpaired) electrons. The fourth-order valence-electron chi connectivity index (χ4n) is 2.99. The Morgan fingerprint density at radius 1 is 1.44 bits per heavy atom. The SMILES string of the molecule is CCc1ccsc1CN1CC(C2CC2)NCC1C. The zero-order chi connectivity index (χ0) is 12.5. The summed E-state index contributed by atoms with van der Waals surface area (Å²) >= 11 is 1.93. The van der Waals surface area contributed by atoms with Crippen molar-refractivity contribution in [2.24, 2.45) is 5.92 Å². The largest absolute Gasteiger partial charge is 0.311 e. The topological polar surface area (TPSA) is 15.3 Å². The van der Waals surface area contributed by atoms with Crippen molar-refractivity contribution in [2.75, 3.05) is 13.1 Å². The quantitative estimate of drug-likeness (QED) is 0.899. The molecule has 100 valence electrons. The molecule has 1 saturated heterocycles. The molecule has 2 atom stereocenters. The molecule has 0 amide bonds. The van der Waals surface area contributed by atoms with E-state index in [4.69, 9.17) is 0 Å². The van der Waals surface area contributed by atoms with Gasteiger partial charge in [-0.25, -0.2) is 0 Å². The summed E-state index contributed by atoms with van der Waals surface area (Å²) < 4.78 is 0. The summed E-state index contributed by atoms with van der Waals surface area (Å²) in [6.07, 6.45) is 4.06. The minimum Gasteiger partial charge on any atom is -0.311 e. The Morgan fingerprint density at radius 2 is 2.28 bits per heavy atom. The van der Waals surface area contributed by atoms with Gasteiger partial charge in [-0.3, -0.25) is 4.90 Å². The van der Waals surface area contributed by atoms with Crippen molar-refractivity contribution >= 4 is 11.3 Å². The van der Waals surface area contributed by atoms with Gasteiger partial charge in [0.05, 0.1) is 0 Å². The molecular formula is C15H24N2S. The van der Waals surface area contributed by atoms with E-state index in [2.05, 4.69) is 35.5 Å². The first-order valence-corrected chi connectivity index (χ1v) is 8.18. The Hall–Kier alpha value is -0.380. The molecule has 2 nitrogen and oxygen atoms in total. The van der Waals surface area contributed by atoms with Crippen LogP contribution in [0.15, 0.2) is 11.4 Å². The molecule has 1 saturated carbocycles. The standard InChI is InChI=1S/C15H24N2S/c1-3-12-6-7-18-15(12)10-17-9-14(13-4-5-13)16-8-11(17)2/h6-7,11,13-14,16H,3-5,8-10H2,1-2H3. The van der Waals surface area contributed by atoms with Crippen LogP contribution in [0.25, 0.3) is 0 Å². The van der Waals surface area contributed by atoms with Crippen molar-refractivity contribution in [2.45, 2.75) is 51.7 Å². The first kappa shape index (κ1) is 12.6. The van der Waals surface area contributed by atoms with Crippen molar-refractivity contribution in [3.8, 4) is 0 Å². The van der Waals surface area contributed by atoms with Crippen LogP contribution in [0.1, 0.15) is 37.1 Å². The van der Waals surface area contributed by atoms with Crippen LogP contribution in [0.5, 0.6) is 0 Å². The lowest BCUT2D eigenvalue weighted by molar-refractivity contribution is 0.126. The molecule has 18 heavy (non-hydrogen) atoms. The van der Waals surface area contributed by atoms with Gasteiger partial charge in [0.15, 0.2) is 0 Å². The maximum atomic E-state index is 3.73. The average Bonchev–Trinajstić information content (AvgIpc) is 3.13. The third kappa shape index (κ3) is 2.63. The van der Waals surface area contributed by atoms with Gasteiger partial charge in [-0.1, -0.05) is 6.92 Å². The number of nitrogens with one attached hydrogen (secondary N) is 1. The summed E-state index contributed by atoms with van der Waals surface area (Å²) in [5.74, 6) is 0.967. The van der Waals surface area contributed by atoms with Gasteiger partial charge in [0, 0.05) is 36.6 Å². The number of piperazine rings is 1. The van der Waals surface area contributed by atoms with Gasteiger partial charge in [0.1, 0.15) is 0 Å². The van der Waals surface area contributed by atoms with Gasteiger partial charge in [0.2, 0.25) is 0 Å². The average molecular weight is 264 g/mol. The van der Waals surface area contributed by atoms with E-state index in [0.717, 1.165) is 25.0 Å². The lowest BCUT2D eigenvalue weighted by Crippen LogP contribution is -2.55. The van der Waals surface area contributed by atoms with Gasteiger partial charge < -0.3 is 5.32 Å². The summed E-state index contributed by atoms with van der Waals surface area (Å²) in [5, 5.41) is 5.98. The number of nitrogens with zero attached hydrogens (tertiary/aromatic N) is 1. The van der Waals surface area contributed by atoms with Crippen molar-refractivity contribution in [3.63, 3.8) is 0 Å². The third-order valence-electron chi connectivity index (χ3n) is 4.49. The van der Waals surface area contributed by atoms with E-state index in [0.29, 0.717) is 6.04 Å². The smallest absolute Gasteiger partial charge is 0.0334 e. The van der Waals surface area contributed by atoms with E-state index >= 15 is 0 Å². The van der Waals surface area contributed by atoms with Gasteiger partial charge in [-0.15, -0.1) is 11.3 Å². The zero-order valence-electron chi connectivity index (χ0n) is 11.5. The Balaban J connectivity index is 1.66. The van der Waals surface area contributed by atoms with E-state index in [-0.39, 0.29) is 0 Å². The molecule has 3 heteroatoms. The minimum absolute atomic E-state index is 0.673. The summed E-state index contributed by atoms with van der Waals surface area (Å²) in [7, 11) is 0. The highest BCUT2D eigenvalue weighted by atomic mass is 32.1. The van der Waals surface area contributed by atoms with Crippen LogP contribution in [0, 0.1) is 5.92 Å². The number of hydrogen-bond acceptors (Lipinski definition) is 3. The molecule has 2 fully saturated rings. The maximum Gasteiger partial charge on any atom is 0.0334 e. The monoisotopic (exact) mass is 264 g/mol. The molecule has 1 aromatic heterocycles. The molecule has 2 unspecified atom stereocenters. The van der Waals surface area contributed by atoms with Crippen molar-refractivity contribution in [1.29, 1.82) is 0 Å². The molecule has 1 aliphatic carbocycles. The van der Waals surface area contributed by atoms with Gasteiger partial charge in [-0.2, -0.15) is 0 Å². The van der Waals surface area contributed by atoms with Crippen LogP contribution in [0.2, 0.25) is 0 Å². The van der Waals surface area contributed by atoms with Gasteiger partial charge >= 0.3 is 0 Å². The molecule has 2 heterocycles. The summed E-state index contributed by atoms with van der Waals surface area (Å²) in [5.41, 5.74) is 1.55. The second kappa shape index (κ2) is 5.32. The molecule has 3 rings (SSSR count). The second-order valence-electron chi connectivity index (χ2n) is 5.85. The normalized spacial score (nSPS) is 29.7. The predicted octanol–water partition coefficient (Wildman–Crippen LogP) is 2.88. The van der Waals surface area contributed by atoms with Crippen LogP contribution >= 0.6 is 11.3 Å². The highest BCUT2D eigenvalue weighted by Gasteiger charge is 2.36. The molecule has 1 N–H and O–H groups in total. The highest BCUT2D eigenvalue weighted by molar-refractivity contribution is 7.10. The van der Waals surface area contributed by atoms with E-state index < -0.39 is 0 Å². The fraction of sp³-hybridized carbons (Fsp3) is 0.733. The summed E-state index contributed by atoms with van der Waals surface area (Å²) in [4.78, 5) is 4.27. The number of rotatable bonds is 4. The zero-order valence-corrected chi connectivity index (χ0v) is 12.3.